The highest BCUT2D eigenvalue weighted by molar-refractivity contribution is 5.08. The molecular weight excluding hydrogens is 226 g/mol. The van der Waals surface area contributed by atoms with E-state index in [-0.39, 0.29) is 0 Å². The van der Waals surface area contributed by atoms with Crippen LogP contribution in [0.25, 0.3) is 0 Å². The standard InChI is InChI=1S/C14H25N3O/c1-4-15-13(14-11(3)6-7-18-14)8-12-9-16-17(5-2)10-12/h9-11,13-15H,4-8H2,1-3H3. The lowest BCUT2D eigenvalue weighted by Crippen LogP contribution is -2.43. The van der Waals surface area contributed by atoms with Gasteiger partial charge in [-0.15, -0.1) is 0 Å². The van der Waals surface area contributed by atoms with Crippen molar-refractivity contribution in [3.63, 3.8) is 0 Å². The van der Waals surface area contributed by atoms with Crippen LogP contribution in [0, 0.1) is 5.92 Å². The Hall–Kier alpha value is -0.870. The third-order valence-electron chi connectivity index (χ3n) is 3.77. The lowest BCUT2D eigenvalue weighted by Gasteiger charge is -2.26. The Kier molecular flexibility index (Phi) is 4.78. The van der Waals surface area contributed by atoms with Crippen LogP contribution in [0.3, 0.4) is 0 Å². The number of aromatic nitrogens is 2. The Bertz CT molecular complexity index is 364. The van der Waals surface area contributed by atoms with Crippen LogP contribution in [0.2, 0.25) is 0 Å². The third-order valence-corrected chi connectivity index (χ3v) is 3.77. The minimum atomic E-state index is 0.343. The molecule has 1 aliphatic rings. The number of hydrogen-bond acceptors (Lipinski definition) is 3. The topological polar surface area (TPSA) is 39.1 Å². The van der Waals surface area contributed by atoms with E-state index in [0.29, 0.717) is 18.1 Å². The van der Waals surface area contributed by atoms with Crippen molar-refractivity contribution >= 4 is 0 Å². The molecule has 0 saturated carbocycles. The van der Waals surface area contributed by atoms with Crippen LogP contribution in [0.4, 0.5) is 0 Å². The van der Waals surface area contributed by atoms with Gasteiger partial charge in [0.15, 0.2) is 0 Å². The van der Waals surface area contributed by atoms with Gasteiger partial charge in [-0.25, -0.2) is 0 Å². The highest BCUT2D eigenvalue weighted by Crippen LogP contribution is 2.24. The predicted octanol–water partition coefficient (Wildman–Crippen LogP) is 1.85. The van der Waals surface area contributed by atoms with Gasteiger partial charge in [0.1, 0.15) is 0 Å². The molecule has 18 heavy (non-hydrogen) atoms. The third kappa shape index (κ3) is 3.12. The van der Waals surface area contributed by atoms with Crippen molar-refractivity contribution in [3.05, 3.63) is 18.0 Å². The minimum absolute atomic E-state index is 0.343. The zero-order valence-electron chi connectivity index (χ0n) is 11.7. The van der Waals surface area contributed by atoms with Crippen molar-refractivity contribution in [1.29, 1.82) is 0 Å². The van der Waals surface area contributed by atoms with E-state index in [1.54, 1.807) is 0 Å². The number of likely N-dealkylation sites (N-methyl/N-ethyl adjacent to an activating group) is 1. The zero-order chi connectivity index (χ0) is 13.0. The number of ether oxygens (including phenoxy) is 1. The summed E-state index contributed by atoms with van der Waals surface area (Å²) in [6.45, 7) is 9.38. The van der Waals surface area contributed by atoms with Gasteiger partial charge in [-0.05, 0) is 37.8 Å². The maximum atomic E-state index is 5.90. The van der Waals surface area contributed by atoms with Crippen molar-refractivity contribution in [2.45, 2.75) is 52.3 Å². The fraction of sp³-hybridized carbons (Fsp3) is 0.786. The molecular formula is C14H25N3O. The second kappa shape index (κ2) is 6.34. The molecule has 0 aromatic carbocycles. The summed E-state index contributed by atoms with van der Waals surface area (Å²) in [5.41, 5.74) is 1.30. The van der Waals surface area contributed by atoms with Gasteiger partial charge in [0.25, 0.3) is 0 Å². The SMILES string of the molecule is CCNC(Cc1cnn(CC)c1)C1OCCC1C. The molecule has 1 aromatic rings. The first kappa shape index (κ1) is 13.6. The first-order valence-electron chi connectivity index (χ1n) is 7.10. The van der Waals surface area contributed by atoms with Crippen molar-refractivity contribution in [3.8, 4) is 0 Å². The van der Waals surface area contributed by atoms with E-state index < -0.39 is 0 Å². The van der Waals surface area contributed by atoms with E-state index in [4.69, 9.17) is 4.74 Å². The quantitative estimate of drug-likeness (QED) is 0.838. The van der Waals surface area contributed by atoms with E-state index in [2.05, 4.69) is 37.4 Å². The largest absolute Gasteiger partial charge is 0.376 e. The molecule has 102 valence electrons. The van der Waals surface area contributed by atoms with E-state index in [9.17, 15) is 0 Å². The summed E-state index contributed by atoms with van der Waals surface area (Å²) in [7, 11) is 0. The Balaban J connectivity index is 2.01. The highest BCUT2D eigenvalue weighted by atomic mass is 16.5. The smallest absolute Gasteiger partial charge is 0.0757 e. The van der Waals surface area contributed by atoms with Crippen LogP contribution in [0.5, 0.6) is 0 Å². The summed E-state index contributed by atoms with van der Waals surface area (Å²) < 4.78 is 7.88. The highest BCUT2D eigenvalue weighted by Gasteiger charge is 2.31. The maximum absolute atomic E-state index is 5.90. The summed E-state index contributed by atoms with van der Waals surface area (Å²) in [5.74, 6) is 0.648. The molecule has 4 heteroatoms. The number of hydrogen-bond donors (Lipinski definition) is 1. The van der Waals surface area contributed by atoms with Crippen LogP contribution in [-0.4, -0.2) is 35.1 Å². The van der Waals surface area contributed by atoms with E-state index >= 15 is 0 Å². The van der Waals surface area contributed by atoms with Gasteiger partial charge < -0.3 is 10.1 Å². The molecule has 0 bridgehead atoms. The number of nitrogens with one attached hydrogen (secondary N) is 1. The first-order chi connectivity index (χ1) is 8.74. The Labute approximate surface area is 110 Å². The second-order valence-electron chi connectivity index (χ2n) is 5.17. The van der Waals surface area contributed by atoms with Crippen LogP contribution in [0.15, 0.2) is 12.4 Å². The Morgan fingerprint density at radius 1 is 1.56 bits per heavy atom. The summed E-state index contributed by atoms with van der Waals surface area (Å²) >= 11 is 0. The molecule has 4 nitrogen and oxygen atoms in total. The summed E-state index contributed by atoms with van der Waals surface area (Å²) in [4.78, 5) is 0. The molecule has 3 unspecified atom stereocenters. The fourth-order valence-corrected chi connectivity index (χ4v) is 2.74. The molecule has 1 fully saturated rings. The number of rotatable bonds is 6. The summed E-state index contributed by atoms with van der Waals surface area (Å²) in [5, 5.41) is 7.91. The molecule has 1 N–H and O–H groups in total. The van der Waals surface area contributed by atoms with Crippen LogP contribution < -0.4 is 5.32 Å². The lowest BCUT2D eigenvalue weighted by molar-refractivity contribution is 0.0615. The summed E-state index contributed by atoms with van der Waals surface area (Å²) in [6, 6.07) is 0.405. The van der Waals surface area contributed by atoms with E-state index in [1.807, 2.05) is 10.9 Å². The lowest BCUT2D eigenvalue weighted by atomic mass is 9.94. The van der Waals surface area contributed by atoms with Crippen molar-refractivity contribution in [1.82, 2.24) is 15.1 Å². The zero-order valence-corrected chi connectivity index (χ0v) is 11.7. The van der Waals surface area contributed by atoms with Crippen molar-refractivity contribution < 1.29 is 4.74 Å². The molecule has 1 aromatic heterocycles. The Morgan fingerprint density at radius 3 is 2.94 bits per heavy atom. The van der Waals surface area contributed by atoms with Gasteiger partial charge >= 0.3 is 0 Å². The van der Waals surface area contributed by atoms with E-state index in [1.165, 1.54) is 12.0 Å². The fourth-order valence-electron chi connectivity index (χ4n) is 2.74. The van der Waals surface area contributed by atoms with Gasteiger partial charge in [0.05, 0.1) is 12.3 Å². The molecule has 2 rings (SSSR count). The second-order valence-corrected chi connectivity index (χ2v) is 5.17. The monoisotopic (exact) mass is 251 g/mol. The average molecular weight is 251 g/mol. The van der Waals surface area contributed by atoms with E-state index in [0.717, 1.165) is 26.1 Å². The predicted molar refractivity (Wildman–Crippen MR) is 72.6 cm³/mol. The van der Waals surface area contributed by atoms with Gasteiger partial charge in [-0.1, -0.05) is 13.8 Å². The van der Waals surface area contributed by atoms with Crippen LogP contribution >= 0.6 is 0 Å². The molecule has 3 atom stereocenters. The first-order valence-corrected chi connectivity index (χ1v) is 7.10. The number of nitrogens with zero attached hydrogens (tertiary/aromatic N) is 2. The Morgan fingerprint density at radius 2 is 2.39 bits per heavy atom. The van der Waals surface area contributed by atoms with Gasteiger partial charge in [0.2, 0.25) is 0 Å². The van der Waals surface area contributed by atoms with Crippen molar-refractivity contribution in [2.24, 2.45) is 5.92 Å². The molecule has 2 heterocycles. The van der Waals surface area contributed by atoms with Crippen molar-refractivity contribution in [2.75, 3.05) is 13.2 Å². The van der Waals surface area contributed by atoms with Crippen LogP contribution in [0.1, 0.15) is 32.8 Å². The summed E-state index contributed by atoms with van der Waals surface area (Å²) in [6.07, 6.45) is 6.65. The normalized spacial score (nSPS) is 25.5. The molecule has 0 spiro atoms. The molecule has 0 amide bonds. The maximum Gasteiger partial charge on any atom is 0.0757 e. The molecule has 1 aliphatic heterocycles. The van der Waals surface area contributed by atoms with Crippen LogP contribution in [-0.2, 0) is 17.7 Å². The average Bonchev–Trinajstić information content (AvgIpc) is 2.97. The number of aryl methyl sites for hydroxylation is 1. The molecule has 1 saturated heterocycles. The van der Waals surface area contributed by atoms with Gasteiger partial charge in [-0.3, -0.25) is 4.68 Å². The van der Waals surface area contributed by atoms with Gasteiger partial charge in [0, 0.05) is 25.4 Å². The van der Waals surface area contributed by atoms with Gasteiger partial charge in [-0.2, -0.15) is 5.10 Å². The molecule has 0 radical (unpaired) electrons. The molecule has 0 aliphatic carbocycles. The minimum Gasteiger partial charge on any atom is -0.376 e.